The maximum Gasteiger partial charge on any atom is 0.340 e. The molecular formula is C21H18N2O7S. The lowest BCUT2D eigenvalue weighted by molar-refractivity contribution is -0.384. The van der Waals surface area contributed by atoms with Gasteiger partial charge in [-0.2, -0.15) is 0 Å². The number of rotatable bonds is 8. The third-order valence-corrected chi connectivity index (χ3v) is 5.66. The van der Waals surface area contributed by atoms with E-state index in [0.717, 1.165) is 0 Å². The van der Waals surface area contributed by atoms with E-state index in [1.165, 1.54) is 67.8 Å². The fraction of sp³-hybridized carbons (Fsp3) is 0.0952. The van der Waals surface area contributed by atoms with Crippen molar-refractivity contribution in [1.29, 1.82) is 0 Å². The van der Waals surface area contributed by atoms with Gasteiger partial charge in [-0.3, -0.25) is 14.8 Å². The van der Waals surface area contributed by atoms with Crippen LogP contribution in [0.1, 0.15) is 15.9 Å². The van der Waals surface area contributed by atoms with Gasteiger partial charge in [0.05, 0.1) is 28.2 Å². The van der Waals surface area contributed by atoms with Crippen LogP contribution < -0.4 is 9.46 Å². The second kappa shape index (κ2) is 9.26. The fourth-order valence-corrected chi connectivity index (χ4v) is 3.73. The molecular weight excluding hydrogens is 424 g/mol. The van der Waals surface area contributed by atoms with Crippen molar-refractivity contribution < 1.29 is 27.6 Å². The van der Waals surface area contributed by atoms with Crippen LogP contribution in [0.2, 0.25) is 0 Å². The van der Waals surface area contributed by atoms with E-state index < -0.39 is 20.9 Å². The van der Waals surface area contributed by atoms with Crippen molar-refractivity contribution in [2.45, 2.75) is 11.5 Å². The van der Waals surface area contributed by atoms with E-state index >= 15 is 0 Å². The maximum atomic E-state index is 12.7. The Kier molecular flexibility index (Phi) is 6.51. The highest BCUT2D eigenvalue weighted by Crippen LogP contribution is 2.23. The Morgan fingerprint density at radius 3 is 2.26 bits per heavy atom. The van der Waals surface area contributed by atoms with Crippen LogP contribution in [0, 0.1) is 10.1 Å². The number of ether oxygens (including phenoxy) is 2. The second-order valence-corrected chi connectivity index (χ2v) is 8.01. The van der Waals surface area contributed by atoms with Crippen LogP contribution in [0.4, 0.5) is 11.4 Å². The molecule has 0 aliphatic carbocycles. The third kappa shape index (κ3) is 5.37. The number of sulfonamides is 1. The van der Waals surface area contributed by atoms with Gasteiger partial charge in [-0.1, -0.05) is 12.1 Å². The van der Waals surface area contributed by atoms with Gasteiger partial charge in [0.1, 0.15) is 12.4 Å². The first kappa shape index (κ1) is 21.8. The molecule has 31 heavy (non-hydrogen) atoms. The van der Waals surface area contributed by atoms with E-state index in [0.29, 0.717) is 11.3 Å². The molecule has 0 radical (unpaired) electrons. The van der Waals surface area contributed by atoms with Crippen molar-refractivity contribution in [2.75, 3.05) is 11.8 Å². The van der Waals surface area contributed by atoms with E-state index in [1.807, 2.05) is 0 Å². The number of carbonyl (C=O) groups excluding carboxylic acids is 1. The number of non-ortho nitro benzene ring substituents is 1. The Hall–Kier alpha value is -3.92. The van der Waals surface area contributed by atoms with Crippen LogP contribution in [-0.4, -0.2) is 26.4 Å². The molecule has 3 aromatic rings. The molecule has 0 heterocycles. The number of hydrogen-bond donors (Lipinski definition) is 1. The summed E-state index contributed by atoms with van der Waals surface area (Å²) < 4.78 is 38.0. The number of benzene rings is 3. The first-order chi connectivity index (χ1) is 14.8. The fourth-order valence-electron chi connectivity index (χ4n) is 2.65. The van der Waals surface area contributed by atoms with Crippen molar-refractivity contribution in [2.24, 2.45) is 0 Å². The standard InChI is InChI=1S/C21H18N2O7S/c1-29-17-10-12-18(13-11-17)31(27,28)22-20-5-3-2-4-19(20)21(24)30-14-15-6-8-16(9-7-15)23(25)26/h2-13,22H,14H2,1H3. The SMILES string of the molecule is COc1ccc(S(=O)(=O)Nc2ccccc2C(=O)OCc2ccc([N+](=O)[O-])cc2)cc1. The van der Waals surface area contributed by atoms with Gasteiger partial charge < -0.3 is 9.47 Å². The summed E-state index contributed by atoms with van der Waals surface area (Å²) in [5, 5.41) is 10.7. The minimum absolute atomic E-state index is 0.00218. The molecule has 0 aromatic heterocycles. The summed E-state index contributed by atoms with van der Waals surface area (Å²) in [4.78, 5) is 22.7. The highest BCUT2D eigenvalue weighted by atomic mass is 32.2. The van der Waals surface area contributed by atoms with E-state index in [-0.39, 0.29) is 28.4 Å². The minimum Gasteiger partial charge on any atom is -0.497 e. The van der Waals surface area contributed by atoms with Gasteiger partial charge >= 0.3 is 5.97 Å². The number of para-hydroxylation sites is 1. The molecule has 0 spiro atoms. The van der Waals surface area contributed by atoms with Crippen molar-refractivity contribution in [1.82, 2.24) is 0 Å². The number of nitro groups is 1. The Morgan fingerprint density at radius 2 is 1.65 bits per heavy atom. The Bertz CT molecular complexity index is 1190. The van der Waals surface area contributed by atoms with E-state index in [9.17, 15) is 23.3 Å². The van der Waals surface area contributed by atoms with Crippen LogP contribution in [0.3, 0.4) is 0 Å². The number of carbonyl (C=O) groups is 1. The number of esters is 1. The summed E-state index contributed by atoms with van der Waals surface area (Å²) in [7, 11) is -2.48. The summed E-state index contributed by atoms with van der Waals surface area (Å²) in [6, 6.07) is 17.4. The molecule has 0 saturated heterocycles. The summed E-state index contributed by atoms with van der Waals surface area (Å²) in [5.41, 5.74) is 0.567. The molecule has 0 fully saturated rings. The molecule has 0 amide bonds. The number of nitro benzene ring substituents is 1. The zero-order valence-electron chi connectivity index (χ0n) is 16.3. The first-order valence-electron chi connectivity index (χ1n) is 8.96. The quantitative estimate of drug-likeness (QED) is 0.320. The number of hydrogen-bond acceptors (Lipinski definition) is 7. The molecule has 0 aliphatic heterocycles. The Balaban J connectivity index is 1.74. The van der Waals surface area contributed by atoms with Gasteiger partial charge in [0.15, 0.2) is 0 Å². The molecule has 0 bridgehead atoms. The van der Waals surface area contributed by atoms with Crippen molar-refractivity contribution in [3.63, 3.8) is 0 Å². The maximum absolute atomic E-state index is 12.7. The van der Waals surface area contributed by atoms with Gasteiger partial charge in [-0.15, -0.1) is 0 Å². The molecule has 0 unspecified atom stereocenters. The zero-order chi connectivity index (χ0) is 22.4. The van der Waals surface area contributed by atoms with Gasteiger partial charge in [-0.05, 0) is 54.1 Å². The number of nitrogens with zero attached hydrogens (tertiary/aromatic N) is 1. The summed E-state index contributed by atoms with van der Waals surface area (Å²) in [6.45, 7) is -0.129. The number of nitrogens with one attached hydrogen (secondary N) is 1. The minimum atomic E-state index is -3.95. The number of anilines is 1. The zero-order valence-corrected chi connectivity index (χ0v) is 17.2. The highest BCUT2D eigenvalue weighted by Gasteiger charge is 2.19. The van der Waals surface area contributed by atoms with E-state index in [2.05, 4.69) is 4.72 Å². The van der Waals surface area contributed by atoms with Crippen LogP contribution in [0.25, 0.3) is 0 Å². The lowest BCUT2D eigenvalue weighted by Crippen LogP contribution is -2.16. The van der Waals surface area contributed by atoms with Crippen LogP contribution in [0.5, 0.6) is 5.75 Å². The van der Waals surface area contributed by atoms with Gasteiger partial charge in [0, 0.05) is 12.1 Å². The van der Waals surface area contributed by atoms with Crippen molar-refractivity contribution in [3.05, 3.63) is 94.0 Å². The molecule has 3 rings (SSSR count). The lowest BCUT2D eigenvalue weighted by Gasteiger charge is -2.13. The molecule has 160 valence electrons. The average Bonchev–Trinajstić information content (AvgIpc) is 2.78. The van der Waals surface area contributed by atoms with Crippen molar-refractivity contribution >= 4 is 27.4 Å². The summed E-state index contributed by atoms with van der Waals surface area (Å²) in [5.74, 6) is -0.236. The van der Waals surface area contributed by atoms with E-state index in [1.54, 1.807) is 12.1 Å². The molecule has 9 nitrogen and oxygen atoms in total. The van der Waals surface area contributed by atoms with Crippen molar-refractivity contribution in [3.8, 4) is 5.75 Å². The number of methoxy groups -OCH3 is 1. The second-order valence-electron chi connectivity index (χ2n) is 6.33. The largest absolute Gasteiger partial charge is 0.497 e. The smallest absolute Gasteiger partial charge is 0.340 e. The normalized spacial score (nSPS) is 10.9. The average molecular weight is 442 g/mol. The third-order valence-electron chi connectivity index (χ3n) is 4.28. The predicted molar refractivity (Wildman–Crippen MR) is 112 cm³/mol. The van der Waals surface area contributed by atoms with Crippen LogP contribution in [0.15, 0.2) is 77.7 Å². The Morgan fingerprint density at radius 1 is 1.00 bits per heavy atom. The Labute approximate surface area is 178 Å². The van der Waals surface area contributed by atoms with E-state index in [4.69, 9.17) is 9.47 Å². The van der Waals surface area contributed by atoms with Gasteiger partial charge in [0.2, 0.25) is 0 Å². The van der Waals surface area contributed by atoms with Crippen LogP contribution >= 0.6 is 0 Å². The summed E-state index contributed by atoms with van der Waals surface area (Å²) >= 11 is 0. The molecule has 3 aromatic carbocycles. The van der Waals surface area contributed by atoms with Gasteiger partial charge in [0.25, 0.3) is 15.7 Å². The predicted octanol–water partition coefficient (Wildman–Crippen LogP) is 3.76. The topological polar surface area (TPSA) is 125 Å². The molecule has 1 N–H and O–H groups in total. The monoisotopic (exact) mass is 442 g/mol. The molecule has 0 atom stereocenters. The molecule has 0 saturated carbocycles. The summed E-state index contributed by atoms with van der Waals surface area (Å²) in [6.07, 6.45) is 0. The lowest BCUT2D eigenvalue weighted by atomic mass is 10.2. The highest BCUT2D eigenvalue weighted by molar-refractivity contribution is 7.92. The first-order valence-corrected chi connectivity index (χ1v) is 10.4. The van der Waals surface area contributed by atoms with Crippen LogP contribution in [-0.2, 0) is 21.4 Å². The van der Waals surface area contributed by atoms with Gasteiger partial charge in [-0.25, -0.2) is 13.2 Å². The molecule has 10 heteroatoms. The molecule has 0 aliphatic rings.